The Balaban J connectivity index is 2.08. The minimum Gasteiger partial charge on any atom is -0.351 e. The van der Waals surface area contributed by atoms with Gasteiger partial charge in [-0.15, -0.1) is 0 Å². The zero-order valence-corrected chi connectivity index (χ0v) is 12.0. The van der Waals surface area contributed by atoms with Gasteiger partial charge in [0, 0.05) is 16.9 Å². The van der Waals surface area contributed by atoms with Gasteiger partial charge >= 0.3 is 0 Å². The van der Waals surface area contributed by atoms with Crippen molar-refractivity contribution < 1.29 is 13.2 Å². The Kier molecular flexibility index (Phi) is 3.50. The van der Waals surface area contributed by atoms with Gasteiger partial charge < -0.3 is 5.32 Å². The van der Waals surface area contributed by atoms with Gasteiger partial charge in [0.25, 0.3) is 0 Å². The van der Waals surface area contributed by atoms with E-state index in [2.05, 4.69) is 31.2 Å². The standard InChI is InChI=1S/C14H7BrF3N3/c15-7-5-11-14(20-6-7)10(3-4-19-11)21-9-2-1-8(16)12(17)13(9)18/h1-6H,(H,19,21). The largest absolute Gasteiger partial charge is 0.351 e. The lowest BCUT2D eigenvalue weighted by Gasteiger charge is -2.10. The van der Waals surface area contributed by atoms with Crippen LogP contribution in [0.3, 0.4) is 0 Å². The molecule has 0 aliphatic heterocycles. The van der Waals surface area contributed by atoms with Gasteiger partial charge in [-0.25, -0.2) is 13.2 Å². The van der Waals surface area contributed by atoms with Crippen LogP contribution >= 0.6 is 15.9 Å². The van der Waals surface area contributed by atoms with Crippen molar-refractivity contribution in [1.82, 2.24) is 9.97 Å². The number of fused-ring (bicyclic) bond motifs is 1. The number of benzene rings is 1. The molecule has 0 radical (unpaired) electrons. The van der Waals surface area contributed by atoms with Gasteiger partial charge in [-0.1, -0.05) is 0 Å². The van der Waals surface area contributed by atoms with E-state index in [1.807, 2.05) is 0 Å². The molecule has 0 amide bonds. The van der Waals surface area contributed by atoms with Crippen molar-refractivity contribution in [3.8, 4) is 0 Å². The van der Waals surface area contributed by atoms with Gasteiger partial charge in [-0.05, 0) is 40.2 Å². The summed E-state index contributed by atoms with van der Waals surface area (Å²) in [6.45, 7) is 0. The molecule has 7 heteroatoms. The summed E-state index contributed by atoms with van der Waals surface area (Å²) in [7, 11) is 0. The van der Waals surface area contributed by atoms with Gasteiger partial charge in [0.2, 0.25) is 0 Å². The number of pyridine rings is 2. The molecule has 3 nitrogen and oxygen atoms in total. The highest BCUT2D eigenvalue weighted by Crippen LogP contribution is 2.27. The highest BCUT2D eigenvalue weighted by Gasteiger charge is 2.14. The first-order valence-corrected chi connectivity index (χ1v) is 6.66. The topological polar surface area (TPSA) is 37.8 Å². The van der Waals surface area contributed by atoms with Crippen LogP contribution in [-0.2, 0) is 0 Å². The molecule has 0 bridgehead atoms. The van der Waals surface area contributed by atoms with Crippen molar-refractivity contribution in [1.29, 1.82) is 0 Å². The molecule has 3 aromatic rings. The molecule has 0 aliphatic rings. The second-order valence-electron chi connectivity index (χ2n) is 4.23. The van der Waals surface area contributed by atoms with Gasteiger partial charge in [-0.3, -0.25) is 9.97 Å². The summed E-state index contributed by atoms with van der Waals surface area (Å²) >= 11 is 3.28. The fourth-order valence-corrected chi connectivity index (χ4v) is 2.19. The molecule has 2 aromatic heterocycles. The second kappa shape index (κ2) is 5.33. The summed E-state index contributed by atoms with van der Waals surface area (Å²) in [4.78, 5) is 8.32. The van der Waals surface area contributed by atoms with Gasteiger partial charge in [0.15, 0.2) is 17.5 Å². The van der Waals surface area contributed by atoms with Crippen molar-refractivity contribution in [2.45, 2.75) is 0 Å². The molecule has 1 aromatic carbocycles. The number of anilines is 2. The Labute approximate surface area is 126 Å². The molecule has 3 rings (SSSR count). The first-order valence-electron chi connectivity index (χ1n) is 5.87. The Morgan fingerprint density at radius 2 is 1.76 bits per heavy atom. The number of hydrogen-bond acceptors (Lipinski definition) is 3. The van der Waals surface area contributed by atoms with Crippen LogP contribution in [0.1, 0.15) is 0 Å². The van der Waals surface area contributed by atoms with E-state index in [1.54, 1.807) is 18.3 Å². The summed E-state index contributed by atoms with van der Waals surface area (Å²) in [5.74, 6) is -4.04. The molecule has 0 spiro atoms. The smallest absolute Gasteiger partial charge is 0.196 e. The summed E-state index contributed by atoms with van der Waals surface area (Å²) in [5.41, 5.74) is 1.34. The number of nitrogens with zero attached hydrogens (tertiary/aromatic N) is 2. The van der Waals surface area contributed by atoms with Crippen LogP contribution in [0.15, 0.2) is 41.1 Å². The molecule has 1 N–H and O–H groups in total. The molecule has 0 saturated heterocycles. The van der Waals surface area contributed by atoms with E-state index in [1.165, 1.54) is 6.20 Å². The van der Waals surface area contributed by atoms with Crippen molar-refractivity contribution in [2.75, 3.05) is 5.32 Å². The molecular weight excluding hydrogens is 347 g/mol. The van der Waals surface area contributed by atoms with Crippen LogP contribution in [0.2, 0.25) is 0 Å². The van der Waals surface area contributed by atoms with Crippen LogP contribution in [0, 0.1) is 17.5 Å². The maximum absolute atomic E-state index is 13.7. The van der Waals surface area contributed by atoms with E-state index in [0.717, 1.165) is 16.6 Å². The van der Waals surface area contributed by atoms with E-state index < -0.39 is 17.5 Å². The Morgan fingerprint density at radius 3 is 2.57 bits per heavy atom. The average molecular weight is 354 g/mol. The molecule has 0 fully saturated rings. The number of hydrogen-bond donors (Lipinski definition) is 1. The highest BCUT2D eigenvalue weighted by molar-refractivity contribution is 9.10. The second-order valence-corrected chi connectivity index (χ2v) is 5.14. The van der Waals surface area contributed by atoms with Crippen LogP contribution in [0.4, 0.5) is 24.5 Å². The maximum atomic E-state index is 13.7. The minimum absolute atomic E-state index is 0.175. The fraction of sp³-hybridized carbons (Fsp3) is 0. The van der Waals surface area contributed by atoms with E-state index >= 15 is 0 Å². The Morgan fingerprint density at radius 1 is 0.952 bits per heavy atom. The fourth-order valence-electron chi connectivity index (χ4n) is 1.87. The third kappa shape index (κ3) is 2.56. The van der Waals surface area contributed by atoms with Gasteiger partial charge in [0.05, 0.1) is 16.9 Å². The monoisotopic (exact) mass is 353 g/mol. The molecule has 0 saturated carbocycles. The number of rotatable bonds is 2. The van der Waals surface area contributed by atoms with E-state index in [-0.39, 0.29) is 5.69 Å². The number of halogens is 4. The average Bonchev–Trinajstić information content (AvgIpc) is 2.48. The third-order valence-corrected chi connectivity index (χ3v) is 3.28. The molecule has 106 valence electrons. The summed E-state index contributed by atoms with van der Waals surface area (Å²) in [6.07, 6.45) is 3.08. The van der Waals surface area contributed by atoms with Gasteiger partial charge in [-0.2, -0.15) is 0 Å². The summed E-state index contributed by atoms with van der Waals surface area (Å²) in [6, 6.07) is 5.30. The van der Waals surface area contributed by atoms with Crippen LogP contribution in [0.5, 0.6) is 0 Å². The van der Waals surface area contributed by atoms with Crippen molar-refractivity contribution in [3.05, 3.63) is 58.6 Å². The first kappa shape index (κ1) is 13.8. The van der Waals surface area contributed by atoms with E-state index in [0.29, 0.717) is 16.7 Å². The van der Waals surface area contributed by atoms with E-state index in [9.17, 15) is 13.2 Å². The summed E-state index contributed by atoms with van der Waals surface area (Å²) in [5, 5.41) is 2.70. The predicted octanol–water partition coefficient (Wildman–Crippen LogP) is 4.55. The zero-order valence-electron chi connectivity index (χ0n) is 10.4. The molecule has 0 atom stereocenters. The molecule has 2 heterocycles. The third-order valence-electron chi connectivity index (χ3n) is 2.85. The molecule has 21 heavy (non-hydrogen) atoms. The Bertz CT molecular complexity index is 839. The maximum Gasteiger partial charge on any atom is 0.196 e. The number of aromatic nitrogens is 2. The molecular formula is C14H7BrF3N3. The molecule has 0 unspecified atom stereocenters. The van der Waals surface area contributed by atoms with Crippen molar-refractivity contribution in [2.24, 2.45) is 0 Å². The first-order chi connectivity index (χ1) is 10.1. The van der Waals surface area contributed by atoms with Crippen molar-refractivity contribution >= 4 is 38.3 Å². The van der Waals surface area contributed by atoms with Crippen molar-refractivity contribution in [3.63, 3.8) is 0 Å². The lowest BCUT2D eigenvalue weighted by Crippen LogP contribution is -2.00. The van der Waals surface area contributed by atoms with E-state index in [4.69, 9.17) is 0 Å². The quantitative estimate of drug-likeness (QED) is 0.686. The highest BCUT2D eigenvalue weighted by atomic mass is 79.9. The minimum atomic E-state index is -1.52. The summed E-state index contributed by atoms with van der Waals surface area (Å²) < 4.78 is 40.6. The zero-order chi connectivity index (χ0) is 15.0. The van der Waals surface area contributed by atoms with Crippen LogP contribution < -0.4 is 5.32 Å². The number of nitrogens with one attached hydrogen (secondary N) is 1. The lowest BCUT2D eigenvalue weighted by atomic mass is 10.2. The predicted molar refractivity (Wildman–Crippen MR) is 76.8 cm³/mol. The lowest BCUT2D eigenvalue weighted by molar-refractivity contribution is 0.449. The van der Waals surface area contributed by atoms with Gasteiger partial charge in [0.1, 0.15) is 5.52 Å². The van der Waals surface area contributed by atoms with Crippen LogP contribution in [-0.4, -0.2) is 9.97 Å². The normalized spacial score (nSPS) is 10.9. The SMILES string of the molecule is Fc1ccc(Nc2ccnc3cc(Br)cnc23)c(F)c1F. The Hall–Kier alpha value is -2.15. The van der Waals surface area contributed by atoms with Crippen LogP contribution in [0.25, 0.3) is 11.0 Å². The molecule has 0 aliphatic carbocycles.